The monoisotopic (exact) mass is 316 g/mol. The van der Waals surface area contributed by atoms with Crippen LogP contribution in [0.3, 0.4) is 0 Å². The maximum absolute atomic E-state index is 13.7. The lowest BCUT2D eigenvalue weighted by Crippen LogP contribution is -1.98. The van der Waals surface area contributed by atoms with E-state index in [2.05, 4.69) is 25.9 Å². The average Bonchev–Trinajstić information content (AvgIpc) is 2.96. The third-order valence-corrected chi connectivity index (χ3v) is 2.79. The Morgan fingerprint density at radius 1 is 1.40 bits per heavy atom. The summed E-state index contributed by atoms with van der Waals surface area (Å²) in [6.07, 6.45) is 1.12. The molecule has 0 spiro atoms. The van der Waals surface area contributed by atoms with Gasteiger partial charge in [0, 0.05) is 6.20 Å². The van der Waals surface area contributed by atoms with Gasteiger partial charge in [0.25, 0.3) is 0 Å². The minimum absolute atomic E-state index is 0.0136. The molecule has 1 heterocycles. The van der Waals surface area contributed by atoms with E-state index >= 15 is 0 Å². The standard InChI is InChI=1S/C10H4Cl2F2N6/c11-5-1-6(9(14)7(12)8(5)13)16-3-4(2-15)10-17-19-20-18-10/h1,3,16H,(H,17,18,19,20). The zero-order valence-electron chi connectivity index (χ0n) is 9.46. The van der Waals surface area contributed by atoms with Crippen molar-refractivity contribution in [3.8, 4) is 6.07 Å². The Morgan fingerprint density at radius 3 is 2.75 bits per heavy atom. The van der Waals surface area contributed by atoms with Crippen LogP contribution in [0.15, 0.2) is 12.3 Å². The first-order chi connectivity index (χ1) is 9.54. The summed E-state index contributed by atoms with van der Waals surface area (Å²) in [6, 6.07) is 2.79. The van der Waals surface area contributed by atoms with Crippen LogP contribution in [-0.2, 0) is 0 Å². The lowest BCUT2D eigenvalue weighted by molar-refractivity contribution is 0.587. The van der Waals surface area contributed by atoms with E-state index in [0.29, 0.717) is 0 Å². The smallest absolute Gasteiger partial charge is 0.216 e. The number of nitrogens with zero attached hydrogens (tertiary/aromatic N) is 4. The van der Waals surface area contributed by atoms with Crippen molar-refractivity contribution in [1.29, 1.82) is 5.26 Å². The maximum Gasteiger partial charge on any atom is 0.216 e. The number of nitrogens with one attached hydrogen (secondary N) is 2. The van der Waals surface area contributed by atoms with Crippen LogP contribution in [0, 0.1) is 23.0 Å². The van der Waals surface area contributed by atoms with Gasteiger partial charge < -0.3 is 5.32 Å². The zero-order valence-corrected chi connectivity index (χ0v) is 11.0. The molecule has 0 aliphatic heterocycles. The van der Waals surface area contributed by atoms with Gasteiger partial charge in [-0.15, -0.1) is 10.2 Å². The molecule has 20 heavy (non-hydrogen) atoms. The molecular formula is C10H4Cl2F2N6. The molecule has 0 saturated heterocycles. The minimum Gasteiger partial charge on any atom is -0.358 e. The highest BCUT2D eigenvalue weighted by Crippen LogP contribution is 2.31. The molecule has 6 nitrogen and oxygen atoms in total. The Balaban J connectivity index is 2.34. The van der Waals surface area contributed by atoms with Crippen LogP contribution in [0.25, 0.3) is 5.57 Å². The molecule has 1 aromatic carbocycles. The molecule has 0 atom stereocenters. The van der Waals surface area contributed by atoms with E-state index in [-0.39, 0.29) is 22.1 Å². The quantitative estimate of drug-likeness (QED) is 0.516. The number of hydrogen-bond donors (Lipinski definition) is 2. The second-order valence-corrected chi connectivity index (χ2v) is 4.18. The summed E-state index contributed by atoms with van der Waals surface area (Å²) >= 11 is 11.0. The molecule has 0 unspecified atom stereocenters. The molecule has 0 fully saturated rings. The summed E-state index contributed by atoms with van der Waals surface area (Å²) in [5.74, 6) is -2.08. The van der Waals surface area contributed by atoms with Crippen molar-refractivity contribution in [2.24, 2.45) is 0 Å². The van der Waals surface area contributed by atoms with Gasteiger partial charge in [0.05, 0.1) is 10.7 Å². The highest BCUT2D eigenvalue weighted by atomic mass is 35.5. The van der Waals surface area contributed by atoms with Gasteiger partial charge in [-0.05, 0) is 11.3 Å². The van der Waals surface area contributed by atoms with Crippen LogP contribution in [0.2, 0.25) is 10.0 Å². The third kappa shape index (κ3) is 2.68. The molecule has 2 N–H and O–H groups in total. The normalized spacial score (nSPS) is 11.2. The largest absolute Gasteiger partial charge is 0.358 e. The summed E-state index contributed by atoms with van der Waals surface area (Å²) in [5.41, 5.74) is -0.215. The fourth-order valence-electron chi connectivity index (χ4n) is 1.25. The van der Waals surface area contributed by atoms with Crippen LogP contribution in [-0.4, -0.2) is 20.6 Å². The van der Waals surface area contributed by atoms with E-state index in [1.54, 1.807) is 6.07 Å². The number of allylic oxidation sites excluding steroid dienone is 1. The molecule has 10 heteroatoms. The van der Waals surface area contributed by atoms with Crippen LogP contribution >= 0.6 is 23.2 Å². The molecule has 2 rings (SSSR count). The molecule has 102 valence electrons. The summed E-state index contributed by atoms with van der Waals surface area (Å²) in [4.78, 5) is 0. The number of rotatable bonds is 3. The van der Waals surface area contributed by atoms with E-state index in [1.165, 1.54) is 0 Å². The Hall–Kier alpha value is -2.24. The Labute approximate surface area is 121 Å². The Morgan fingerprint density at radius 2 is 2.15 bits per heavy atom. The maximum atomic E-state index is 13.7. The Kier molecular flexibility index (Phi) is 4.12. The van der Waals surface area contributed by atoms with Gasteiger partial charge in [0.15, 0.2) is 11.6 Å². The van der Waals surface area contributed by atoms with Crippen molar-refractivity contribution in [3.63, 3.8) is 0 Å². The van der Waals surface area contributed by atoms with Crippen molar-refractivity contribution in [2.75, 3.05) is 5.32 Å². The number of H-pyrrole nitrogens is 1. The lowest BCUT2D eigenvalue weighted by Gasteiger charge is -2.07. The highest BCUT2D eigenvalue weighted by Gasteiger charge is 2.16. The number of tetrazole rings is 1. The molecule has 0 saturated carbocycles. The van der Waals surface area contributed by atoms with Crippen molar-refractivity contribution >= 4 is 34.5 Å². The van der Waals surface area contributed by atoms with E-state index in [9.17, 15) is 8.78 Å². The molecule has 0 bridgehead atoms. The lowest BCUT2D eigenvalue weighted by atomic mass is 10.2. The summed E-state index contributed by atoms with van der Waals surface area (Å²) in [5, 5.41) is 22.9. The molecular weight excluding hydrogens is 313 g/mol. The molecule has 0 aliphatic rings. The highest BCUT2D eigenvalue weighted by molar-refractivity contribution is 6.35. The molecule has 0 amide bonds. The fourth-order valence-corrected chi connectivity index (χ4v) is 1.71. The second kappa shape index (κ2) is 5.81. The number of aromatic nitrogens is 4. The van der Waals surface area contributed by atoms with Gasteiger partial charge >= 0.3 is 0 Å². The van der Waals surface area contributed by atoms with Crippen molar-refractivity contribution in [1.82, 2.24) is 20.6 Å². The SMILES string of the molecule is N#CC(=CNc1cc(Cl)c(F)c(Cl)c1F)c1nn[nH]n1. The van der Waals surface area contributed by atoms with Gasteiger partial charge in [-0.1, -0.05) is 23.2 Å². The molecule has 1 aromatic heterocycles. The Bertz CT molecular complexity index is 708. The topological polar surface area (TPSA) is 90.3 Å². The predicted octanol–water partition coefficient (Wildman–Crippen LogP) is 2.76. The average molecular weight is 317 g/mol. The molecule has 0 radical (unpaired) electrons. The van der Waals surface area contributed by atoms with Gasteiger partial charge in [-0.3, -0.25) is 0 Å². The van der Waals surface area contributed by atoms with Crippen LogP contribution < -0.4 is 5.32 Å². The van der Waals surface area contributed by atoms with Crippen molar-refractivity contribution in [2.45, 2.75) is 0 Å². The van der Waals surface area contributed by atoms with Gasteiger partial charge in [-0.25, -0.2) is 8.78 Å². The van der Waals surface area contributed by atoms with Gasteiger partial charge in [0.1, 0.15) is 16.7 Å². The van der Waals surface area contributed by atoms with E-state index < -0.39 is 16.7 Å². The van der Waals surface area contributed by atoms with E-state index in [0.717, 1.165) is 12.3 Å². The number of aromatic amines is 1. The first kappa shape index (κ1) is 14.2. The number of nitriles is 1. The fraction of sp³-hybridized carbons (Fsp3) is 0. The summed E-state index contributed by atoms with van der Waals surface area (Å²) < 4.78 is 26.9. The van der Waals surface area contributed by atoms with Crippen LogP contribution in [0.4, 0.5) is 14.5 Å². The number of halogens is 4. The van der Waals surface area contributed by atoms with Gasteiger partial charge in [-0.2, -0.15) is 10.5 Å². The number of benzene rings is 1. The van der Waals surface area contributed by atoms with Crippen molar-refractivity contribution in [3.05, 3.63) is 39.8 Å². The van der Waals surface area contributed by atoms with Crippen molar-refractivity contribution < 1.29 is 8.78 Å². The van der Waals surface area contributed by atoms with Gasteiger partial charge in [0.2, 0.25) is 5.82 Å². The predicted molar refractivity (Wildman–Crippen MR) is 67.8 cm³/mol. The second-order valence-electron chi connectivity index (χ2n) is 3.40. The summed E-state index contributed by atoms with van der Waals surface area (Å²) in [6.45, 7) is 0. The van der Waals surface area contributed by atoms with Crippen LogP contribution in [0.1, 0.15) is 5.82 Å². The first-order valence-electron chi connectivity index (χ1n) is 4.98. The van der Waals surface area contributed by atoms with Crippen LogP contribution in [0.5, 0.6) is 0 Å². The summed E-state index contributed by atoms with van der Waals surface area (Å²) in [7, 11) is 0. The molecule has 2 aromatic rings. The number of hydrogen-bond acceptors (Lipinski definition) is 5. The first-order valence-corrected chi connectivity index (χ1v) is 5.73. The van der Waals surface area contributed by atoms with E-state index in [1.807, 2.05) is 0 Å². The molecule has 0 aliphatic carbocycles. The number of anilines is 1. The minimum atomic E-state index is -1.06. The van der Waals surface area contributed by atoms with E-state index in [4.69, 9.17) is 28.5 Å². The third-order valence-electron chi connectivity index (χ3n) is 2.18. The zero-order chi connectivity index (χ0) is 14.7.